The minimum atomic E-state index is -1.07. The molecule has 7 heteroatoms. The quantitative estimate of drug-likeness (QED) is 0.496. The number of fused-ring (bicyclic) bond motifs is 1. The van der Waals surface area contributed by atoms with Crippen molar-refractivity contribution in [2.45, 2.75) is 31.4 Å². The van der Waals surface area contributed by atoms with Gasteiger partial charge in [0.2, 0.25) is 0 Å². The van der Waals surface area contributed by atoms with Crippen LogP contribution < -0.4 is 14.8 Å². The summed E-state index contributed by atoms with van der Waals surface area (Å²) in [7, 11) is 1.44. The molecule has 32 heavy (non-hydrogen) atoms. The third-order valence-electron chi connectivity index (χ3n) is 5.71. The highest BCUT2D eigenvalue weighted by molar-refractivity contribution is 5.91. The Bertz CT molecular complexity index is 1090. The molecule has 3 aromatic rings. The lowest BCUT2D eigenvalue weighted by atomic mass is 9.88. The largest absolute Gasteiger partial charge is 0.496 e. The molecule has 0 saturated carbocycles. The molecule has 166 valence electrons. The van der Waals surface area contributed by atoms with Gasteiger partial charge < -0.3 is 25.0 Å². The molecule has 0 radical (unpaired) electrons. The molecule has 2 atom stereocenters. The number of hydrogen-bond acceptors (Lipinski definition) is 6. The molecule has 0 unspecified atom stereocenters. The van der Waals surface area contributed by atoms with Crippen molar-refractivity contribution in [2.75, 3.05) is 13.7 Å². The molecule has 0 saturated heterocycles. The number of carbonyl (C=O) groups is 1. The minimum Gasteiger partial charge on any atom is -0.496 e. The standard InChI is InChI=1S/C25H26N2O5/c1-31-24-9-8-21(13-22(24)25(29)30)32-20-7-5-16-4-6-19(11-18(16)12-20)27-15-23(28)17-3-2-10-26-14-17/h2-3,5,7-10,12-14,19,23,27-28H,4,6,11,15H2,1H3,(H,29,30)/t19-,23+/m0/s1. The number of hydrogen-bond donors (Lipinski definition) is 3. The van der Waals surface area contributed by atoms with Crippen molar-refractivity contribution in [3.05, 3.63) is 83.2 Å². The monoisotopic (exact) mass is 434 g/mol. The molecule has 0 spiro atoms. The van der Waals surface area contributed by atoms with Gasteiger partial charge in [0, 0.05) is 30.5 Å². The zero-order valence-electron chi connectivity index (χ0n) is 17.8. The number of pyridine rings is 1. The minimum absolute atomic E-state index is 0.0550. The maximum Gasteiger partial charge on any atom is 0.339 e. The van der Waals surface area contributed by atoms with Crippen LogP contribution in [0.5, 0.6) is 17.2 Å². The van der Waals surface area contributed by atoms with E-state index >= 15 is 0 Å². The first-order valence-corrected chi connectivity index (χ1v) is 10.6. The molecule has 4 rings (SSSR count). The zero-order valence-corrected chi connectivity index (χ0v) is 17.8. The number of aliphatic hydroxyl groups is 1. The van der Waals surface area contributed by atoms with Gasteiger partial charge in [0.25, 0.3) is 0 Å². The Labute approximate surface area is 186 Å². The highest BCUT2D eigenvalue weighted by Gasteiger charge is 2.20. The number of nitrogens with one attached hydrogen (secondary N) is 1. The van der Waals surface area contributed by atoms with Crippen LogP contribution >= 0.6 is 0 Å². The summed E-state index contributed by atoms with van der Waals surface area (Å²) in [6, 6.07) is 14.7. The second kappa shape index (κ2) is 9.80. The summed E-state index contributed by atoms with van der Waals surface area (Å²) in [6.45, 7) is 0.464. The number of rotatable bonds is 8. The number of carboxylic acids is 1. The summed E-state index contributed by atoms with van der Waals surface area (Å²) in [4.78, 5) is 15.5. The van der Waals surface area contributed by atoms with E-state index in [1.54, 1.807) is 24.5 Å². The number of ether oxygens (including phenoxy) is 2. The number of aromatic carboxylic acids is 1. The predicted molar refractivity (Wildman–Crippen MR) is 119 cm³/mol. The summed E-state index contributed by atoms with van der Waals surface area (Å²) >= 11 is 0. The van der Waals surface area contributed by atoms with E-state index in [1.807, 2.05) is 24.3 Å². The fourth-order valence-corrected chi connectivity index (χ4v) is 3.99. The Morgan fingerprint density at radius 3 is 2.75 bits per heavy atom. The first-order valence-electron chi connectivity index (χ1n) is 10.6. The molecule has 0 amide bonds. The van der Waals surface area contributed by atoms with E-state index in [-0.39, 0.29) is 17.4 Å². The SMILES string of the molecule is COc1ccc(Oc2ccc3c(c2)C[C@@H](NC[C@@H](O)c2cccnc2)CC3)cc1C(=O)O. The lowest BCUT2D eigenvalue weighted by Gasteiger charge is -2.27. The van der Waals surface area contributed by atoms with Gasteiger partial charge in [0.15, 0.2) is 0 Å². The van der Waals surface area contributed by atoms with Crippen LogP contribution in [0.4, 0.5) is 0 Å². The topological polar surface area (TPSA) is 101 Å². The van der Waals surface area contributed by atoms with E-state index in [4.69, 9.17) is 9.47 Å². The van der Waals surface area contributed by atoms with E-state index in [0.717, 1.165) is 24.8 Å². The Balaban J connectivity index is 1.41. The fraction of sp³-hybridized carbons (Fsp3) is 0.280. The van der Waals surface area contributed by atoms with Crippen molar-refractivity contribution < 1.29 is 24.5 Å². The van der Waals surface area contributed by atoms with Crippen LogP contribution in [0.1, 0.15) is 39.6 Å². The van der Waals surface area contributed by atoms with Gasteiger partial charge in [-0.3, -0.25) is 4.98 Å². The number of aryl methyl sites for hydroxylation is 1. The van der Waals surface area contributed by atoms with Crippen molar-refractivity contribution in [3.63, 3.8) is 0 Å². The van der Waals surface area contributed by atoms with Crippen molar-refractivity contribution in [2.24, 2.45) is 0 Å². The third-order valence-corrected chi connectivity index (χ3v) is 5.71. The van der Waals surface area contributed by atoms with Crippen molar-refractivity contribution in [1.29, 1.82) is 0 Å². The Morgan fingerprint density at radius 1 is 1.19 bits per heavy atom. The van der Waals surface area contributed by atoms with Crippen LogP contribution in [0.15, 0.2) is 60.9 Å². The van der Waals surface area contributed by atoms with Crippen LogP contribution in [-0.2, 0) is 12.8 Å². The maximum atomic E-state index is 11.4. The molecule has 1 heterocycles. The average Bonchev–Trinajstić information content (AvgIpc) is 2.82. The van der Waals surface area contributed by atoms with Crippen LogP contribution in [0, 0.1) is 0 Å². The van der Waals surface area contributed by atoms with Crippen LogP contribution in [0.2, 0.25) is 0 Å². The molecular formula is C25H26N2O5. The maximum absolute atomic E-state index is 11.4. The van der Waals surface area contributed by atoms with Crippen LogP contribution in [-0.4, -0.2) is 40.9 Å². The van der Waals surface area contributed by atoms with Crippen LogP contribution in [0.25, 0.3) is 0 Å². The van der Waals surface area contributed by atoms with Crippen LogP contribution in [0.3, 0.4) is 0 Å². The molecule has 2 aromatic carbocycles. The number of nitrogens with zero attached hydrogens (tertiary/aromatic N) is 1. The second-order valence-corrected chi connectivity index (χ2v) is 7.85. The normalized spacial score (nSPS) is 16.1. The molecule has 0 bridgehead atoms. The number of aromatic nitrogens is 1. The van der Waals surface area contributed by atoms with E-state index in [0.29, 0.717) is 18.0 Å². The Kier molecular flexibility index (Phi) is 6.68. The fourth-order valence-electron chi connectivity index (χ4n) is 3.99. The molecule has 3 N–H and O–H groups in total. The summed E-state index contributed by atoms with van der Waals surface area (Å²) < 4.78 is 11.0. The molecule has 1 aliphatic carbocycles. The van der Waals surface area contributed by atoms with Crippen molar-refractivity contribution in [1.82, 2.24) is 10.3 Å². The summed E-state index contributed by atoms with van der Waals surface area (Å²) in [6.07, 6.45) is 5.54. The van der Waals surface area contributed by atoms with Crippen molar-refractivity contribution in [3.8, 4) is 17.2 Å². The first-order chi connectivity index (χ1) is 15.5. The van der Waals surface area contributed by atoms with Gasteiger partial charge in [-0.1, -0.05) is 12.1 Å². The molecule has 0 fully saturated rings. The van der Waals surface area contributed by atoms with Gasteiger partial charge in [-0.25, -0.2) is 4.79 Å². The Hall–Kier alpha value is -3.42. The van der Waals surface area contributed by atoms with Gasteiger partial charge in [0.05, 0.1) is 13.2 Å². The third kappa shape index (κ3) is 5.07. The van der Waals surface area contributed by atoms with Gasteiger partial charge in [0.1, 0.15) is 22.8 Å². The first kappa shape index (κ1) is 21.8. The van der Waals surface area contributed by atoms with E-state index in [1.165, 1.54) is 24.3 Å². The number of aliphatic hydroxyl groups excluding tert-OH is 1. The number of carboxylic acid groups (broad SMARTS) is 1. The van der Waals surface area contributed by atoms with Gasteiger partial charge in [-0.05, 0) is 66.8 Å². The highest BCUT2D eigenvalue weighted by Crippen LogP contribution is 2.31. The number of benzene rings is 2. The average molecular weight is 434 g/mol. The van der Waals surface area contributed by atoms with Crippen molar-refractivity contribution >= 4 is 5.97 Å². The van der Waals surface area contributed by atoms with Gasteiger partial charge >= 0.3 is 5.97 Å². The second-order valence-electron chi connectivity index (χ2n) is 7.85. The molecular weight excluding hydrogens is 408 g/mol. The van der Waals surface area contributed by atoms with E-state index in [9.17, 15) is 15.0 Å². The lowest BCUT2D eigenvalue weighted by molar-refractivity contribution is 0.0693. The van der Waals surface area contributed by atoms with E-state index < -0.39 is 12.1 Å². The van der Waals surface area contributed by atoms with Gasteiger partial charge in [-0.2, -0.15) is 0 Å². The summed E-state index contributed by atoms with van der Waals surface area (Å²) in [5, 5.41) is 23.2. The zero-order chi connectivity index (χ0) is 22.5. The summed E-state index contributed by atoms with van der Waals surface area (Å²) in [5.41, 5.74) is 3.32. The number of methoxy groups -OCH3 is 1. The summed E-state index contributed by atoms with van der Waals surface area (Å²) in [5.74, 6) is 0.312. The smallest absolute Gasteiger partial charge is 0.339 e. The highest BCUT2D eigenvalue weighted by atomic mass is 16.5. The predicted octanol–water partition coefficient (Wildman–Crippen LogP) is 3.76. The van der Waals surface area contributed by atoms with E-state index in [2.05, 4.69) is 16.4 Å². The lowest BCUT2D eigenvalue weighted by Crippen LogP contribution is -2.37. The van der Waals surface area contributed by atoms with Gasteiger partial charge in [-0.15, -0.1) is 0 Å². The molecule has 0 aliphatic heterocycles. The molecule has 7 nitrogen and oxygen atoms in total. The molecule has 1 aromatic heterocycles. The molecule has 1 aliphatic rings. The Morgan fingerprint density at radius 2 is 2.00 bits per heavy atom.